The number of aryl methyl sites for hydroxylation is 1. The summed E-state index contributed by atoms with van der Waals surface area (Å²) in [5, 5.41) is 0. The quantitative estimate of drug-likeness (QED) is 0.834. The summed E-state index contributed by atoms with van der Waals surface area (Å²) >= 11 is 1.88. The minimum atomic E-state index is -3.85. The number of nitrogens with one attached hydrogen (secondary N) is 1. The second-order valence-electron chi connectivity index (χ2n) is 5.06. The van der Waals surface area contributed by atoms with E-state index in [0.717, 1.165) is 24.3 Å². The van der Waals surface area contributed by atoms with E-state index in [1.807, 2.05) is 11.8 Å². The predicted octanol–water partition coefficient (Wildman–Crippen LogP) is 2.14. The number of benzene rings is 1. The monoisotopic (exact) mass is 318 g/mol. The Labute approximate surface area is 123 Å². The van der Waals surface area contributed by atoms with Gasteiger partial charge in [0.1, 0.15) is 10.7 Å². The molecular formula is C13H19FN2O2S2. The summed E-state index contributed by atoms with van der Waals surface area (Å²) < 4.78 is 40.8. The summed E-state index contributed by atoms with van der Waals surface area (Å²) in [7, 11) is -3.85. The third-order valence-corrected chi connectivity index (χ3v) is 5.91. The number of rotatable bonds is 4. The van der Waals surface area contributed by atoms with Crippen molar-refractivity contribution < 1.29 is 12.8 Å². The molecule has 0 radical (unpaired) electrons. The average molecular weight is 318 g/mol. The molecule has 3 N–H and O–H groups in total. The van der Waals surface area contributed by atoms with E-state index in [-0.39, 0.29) is 16.1 Å². The highest BCUT2D eigenvalue weighted by atomic mass is 32.2. The Morgan fingerprint density at radius 2 is 2.05 bits per heavy atom. The predicted molar refractivity (Wildman–Crippen MR) is 80.8 cm³/mol. The first-order valence-corrected chi connectivity index (χ1v) is 9.17. The van der Waals surface area contributed by atoms with Gasteiger partial charge in [0.15, 0.2) is 0 Å². The Balaban J connectivity index is 2.14. The van der Waals surface area contributed by atoms with Gasteiger partial charge in [-0.2, -0.15) is 11.8 Å². The summed E-state index contributed by atoms with van der Waals surface area (Å²) in [6.07, 6.45) is 1.98. The normalized spacial score (nSPS) is 17.3. The average Bonchev–Trinajstić information content (AvgIpc) is 2.42. The Morgan fingerprint density at radius 3 is 2.70 bits per heavy atom. The van der Waals surface area contributed by atoms with Crippen LogP contribution in [-0.2, 0) is 10.0 Å². The molecular weight excluding hydrogens is 299 g/mol. The molecule has 0 amide bonds. The van der Waals surface area contributed by atoms with Gasteiger partial charge in [-0.05, 0) is 54.9 Å². The van der Waals surface area contributed by atoms with Crippen LogP contribution in [0.5, 0.6) is 0 Å². The number of thioether (sulfide) groups is 1. The minimum Gasteiger partial charge on any atom is -0.399 e. The number of halogens is 1. The molecule has 0 aromatic heterocycles. The van der Waals surface area contributed by atoms with E-state index in [2.05, 4.69) is 4.72 Å². The second kappa shape index (κ2) is 6.32. The van der Waals surface area contributed by atoms with Crippen molar-refractivity contribution in [2.45, 2.75) is 24.7 Å². The number of hydrogen-bond acceptors (Lipinski definition) is 4. The van der Waals surface area contributed by atoms with Crippen molar-refractivity contribution >= 4 is 27.5 Å². The van der Waals surface area contributed by atoms with E-state index < -0.39 is 15.8 Å². The molecule has 0 spiro atoms. The van der Waals surface area contributed by atoms with Gasteiger partial charge in [0, 0.05) is 12.2 Å². The Kier molecular flexibility index (Phi) is 4.93. The van der Waals surface area contributed by atoms with Gasteiger partial charge in [-0.3, -0.25) is 0 Å². The molecule has 7 heteroatoms. The zero-order valence-corrected chi connectivity index (χ0v) is 13.0. The van der Waals surface area contributed by atoms with Crippen LogP contribution in [0.25, 0.3) is 0 Å². The van der Waals surface area contributed by atoms with E-state index in [9.17, 15) is 12.8 Å². The number of sulfonamides is 1. The molecule has 0 atom stereocenters. The van der Waals surface area contributed by atoms with E-state index in [1.165, 1.54) is 19.1 Å². The van der Waals surface area contributed by atoms with Gasteiger partial charge in [-0.1, -0.05) is 0 Å². The van der Waals surface area contributed by atoms with Crippen molar-refractivity contribution in [3.05, 3.63) is 23.5 Å². The Hall–Kier alpha value is -0.790. The van der Waals surface area contributed by atoms with Crippen molar-refractivity contribution in [1.82, 2.24) is 4.72 Å². The summed E-state index contributed by atoms with van der Waals surface area (Å²) in [6, 6.07) is 2.59. The maximum absolute atomic E-state index is 14.0. The highest BCUT2D eigenvalue weighted by Crippen LogP contribution is 2.24. The van der Waals surface area contributed by atoms with Crippen molar-refractivity contribution in [2.24, 2.45) is 5.92 Å². The maximum atomic E-state index is 14.0. The fraction of sp³-hybridized carbons (Fsp3) is 0.538. The van der Waals surface area contributed by atoms with E-state index in [4.69, 9.17) is 5.73 Å². The Morgan fingerprint density at radius 1 is 1.40 bits per heavy atom. The van der Waals surface area contributed by atoms with Crippen LogP contribution in [0.4, 0.5) is 10.1 Å². The molecule has 112 valence electrons. The van der Waals surface area contributed by atoms with Gasteiger partial charge in [0.2, 0.25) is 10.0 Å². The molecule has 0 unspecified atom stereocenters. The molecule has 1 aliphatic rings. The standard InChI is InChI=1S/C13H19FN2O2S2/c1-9-6-11(15)7-12(13(9)14)20(17,18)16-8-10-2-4-19-5-3-10/h6-7,10,16H,2-5,8,15H2,1H3. The van der Waals surface area contributed by atoms with E-state index in [1.54, 1.807) is 0 Å². The summed E-state index contributed by atoms with van der Waals surface area (Å²) in [5.41, 5.74) is 6.09. The molecule has 4 nitrogen and oxygen atoms in total. The Bertz CT molecular complexity index is 584. The van der Waals surface area contributed by atoms with Crippen molar-refractivity contribution in [2.75, 3.05) is 23.8 Å². The molecule has 1 heterocycles. The highest BCUT2D eigenvalue weighted by Gasteiger charge is 2.23. The second-order valence-corrected chi connectivity index (χ2v) is 8.02. The van der Waals surface area contributed by atoms with Gasteiger partial charge >= 0.3 is 0 Å². The first-order chi connectivity index (χ1) is 9.40. The van der Waals surface area contributed by atoms with Crippen molar-refractivity contribution in [1.29, 1.82) is 0 Å². The number of nitrogen functional groups attached to an aromatic ring is 1. The lowest BCUT2D eigenvalue weighted by molar-refractivity contribution is 0.474. The number of hydrogen-bond donors (Lipinski definition) is 2. The minimum absolute atomic E-state index is 0.236. The van der Waals surface area contributed by atoms with Crippen LogP contribution in [0.2, 0.25) is 0 Å². The molecule has 0 saturated carbocycles. The summed E-state index contributed by atoms with van der Waals surface area (Å²) in [6.45, 7) is 1.86. The molecule has 0 aliphatic carbocycles. The van der Waals surface area contributed by atoms with Crippen LogP contribution in [-0.4, -0.2) is 26.5 Å². The van der Waals surface area contributed by atoms with Crippen LogP contribution < -0.4 is 10.5 Å². The van der Waals surface area contributed by atoms with Gasteiger partial charge in [-0.15, -0.1) is 0 Å². The molecule has 20 heavy (non-hydrogen) atoms. The lowest BCUT2D eigenvalue weighted by atomic mass is 10.0. The maximum Gasteiger partial charge on any atom is 0.243 e. The fourth-order valence-corrected chi connectivity index (χ4v) is 4.72. The van der Waals surface area contributed by atoms with Gasteiger partial charge in [0.25, 0.3) is 0 Å². The molecule has 1 aliphatic heterocycles. The zero-order valence-electron chi connectivity index (χ0n) is 11.4. The molecule has 1 aromatic carbocycles. The van der Waals surface area contributed by atoms with Crippen LogP contribution in [0, 0.1) is 18.7 Å². The number of nitrogens with two attached hydrogens (primary N) is 1. The van der Waals surface area contributed by atoms with E-state index >= 15 is 0 Å². The van der Waals surface area contributed by atoms with Gasteiger partial charge in [-0.25, -0.2) is 17.5 Å². The summed E-state index contributed by atoms with van der Waals surface area (Å²) in [4.78, 5) is -0.361. The first-order valence-electron chi connectivity index (χ1n) is 6.53. The zero-order chi connectivity index (χ0) is 14.8. The van der Waals surface area contributed by atoms with Crippen LogP contribution in [0.1, 0.15) is 18.4 Å². The van der Waals surface area contributed by atoms with Crippen LogP contribution >= 0.6 is 11.8 Å². The summed E-state index contributed by atoms with van der Waals surface area (Å²) in [5.74, 6) is 1.71. The van der Waals surface area contributed by atoms with Gasteiger partial charge < -0.3 is 5.73 Å². The highest BCUT2D eigenvalue weighted by molar-refractivity contribution is 7.99. The van der Waals surface area contributed by atoms with Crippen LogP contribution in [0.15, 0.2) is 17.0 Å². The molecule has 2 rings (SSSR count). The molecule has 1 saturated heterocycles. The lowest BCUT2D eigenvalue weighted by Gasteiger charge is -2.21. The van der Waals surface area contributed by atoms with Crippen molar-refractivity contribution in [3.63, 3.8) is 0 Å². The van der Waals surface area contributed by atoms with Crippen molar-refractivity contribution in [3.8, 4) is 0 Å². The largest absolute Gasteiger partial charge is 0.399 e. The van der Waals surface area contributed by atoms with Crippen LogP contribution in [0.3, 0.4) is 0 Å². The molecule has 1 aromatic rings. The van der Waals surface area contributed by atoms with E-state index in [0.29, 0.717) is 12.5 Å². The SMILES string of the molecule is Cc1cc(N)cc(S(=O)(=O)NCC2CCSCC2)c1F. The third-order valence-electron chi connectivity index (χ3n) is 3.44. The third kappa shape index (κ3) is 3.65. The smallest absolute Gasteiger partial charge is 0.243 e. The molecule has 1 fully saturated rings. The molecule has 0 bridgehead atoms. The fourth-order valence-electron chi connectivity index (χ4n) is 2.22. The van der Waals surface area contributed by atoms with Gasteiger partial charge in [0.05, 0.1) is 0 Å². The first kappa shape index (κ1) is 15.6. The topological polar surface area (TPSA) is 72.2 Å². The number of anilines is 1. The lowest BCUT2D eigenvalue weighted by Crippen LogP contribution is -2.31.